The Labute approximate surface area is 101 Å². The van der Waals surface area contributed by atoms with Gasteiger partial charge in [-0.15, -0.1) is 0 Å². The summed E-state index contributed by atoms with van der Waals surface area (Å²) < 4.78 is 11.5. The second-order valence-electron chi connectivity index (χ2n) is 5.78. The summed E-state index contributed by atoms with van der Waals surface area (Å²) in [6.07, 6.45) is 5.57. The molecule has 2 unspecified atom stereocenters. The van der Waals surface area contributed by atoms with Crippen LogP contribution in [0.2, 0.25) is 0 Å². The van der Waals surface area contributed by atoms with Gasteiger partial charge in [-0.25, -0.2) is 0 Å². The molecule has 0 saturated carbocycles. The van der Waals surface area contributed by atoms with E-state index in [4.69, 9.17) is 9.47 Å². The van der Waals surface area contributed by atoms with Gasteiger partial charge in [-0.1, -0.05) is 40.0 Å². The molecule has 3 atom stereocenters. The summed E-state index contributed by atoms with van der Waals surface area (Å²) in [6.45, 7) is 11.1. The molecule has 0 aliphatic carbocycles. The minimum atomic E-state index is 0.0408. The molecule has 0 aromatic heterocycles. The minimum Gasteiger partial charge on any atom is -0.347 e. The lowest BCUT2D eigenvalue weighted by Crippen LogP contribution is -2.14. The summed E-state index contributed by atoms with van der Waals surface area (Å²) in [5.74, 6) is 1.53. The highest BCUT2D eigenvalue weighted by atomic mass is 16.7. The summed E-state index contributed by atoms with van der Waals surface area (Å²) in [6, 6.07) is 0. The van der Waals surface area contributed by atoms with Crippen LogP contribution >= 0.6 is 0 Å². The molecule has 1 fully saturated rings. The third-order valence-corrected chi connectivity index (χ3v) is 3.47. The van der Waals surface area contributed by atoms with Gasteiger partial charge in [0.15, 0.2) is 6.29 Å². The van der Waals surface area contributed by atoms with Crippen LogP contribution in [0.4, 0.5) is 0 Å². The summed E-state index contributed by atoms with van der Waals surface area (Å²) in [7, 11) is 0. The SMILES string of the molecule is CC(C)CCC[C@@H](C)CC1OC(C)C(C)O1. The zero-order valence-corrected chi connectivity index (χ0v) is 11.5. The first-order valence-corrected chi connectivity index (χ1v) is 6.80. The van der Waals surface area contributed by atoms with Gasteiger partial charge in [0, 0.05) is 6.42 Å². The molecular formula is C14H28O2. The molecule has 2 nitrogen and oxygen atoms in total. The highest BCUT2D eigenvalue weighted by Crippen LogP contribution is 2.25. The Hall–Kier alpha value is -0.0800. The maximum Gasteiger partial charge on any atom is 0.158 e. The van der Waals surface area contributed by atoms with Crippen LogP contribution < -0.4 is 0 Å². The zero-order valence-electron chi connectivity index (χ0n) is 11.5. The molecule has 0 radical (unpaired) electrons. The molecule has 0 bridgehead atoms. The van der Waals surface area contributed by atoms with Crippen molar-refractivity contribution >= 4 is 0 Å². The number of hydrogen-bond donors (Lipinski definition) is 0. The van der Waals surface area contributed by atoms with E-state index in [0.717, 1.165) is 12.3 Å². The maximum absolute atomic E-state index is 5.75. The minimum absolute atomic E-state index is 0.0408. The van der Waals surface area contributed by atoms with Gasteiger partial charge >= 0.3 is 0 Å². The molecule has 1 saturated heterocycles. The second kappa shape index (κ2) is 6.61. The fraction of sp³-hybridized carbons (Fsp3) is 1.00. The summed E-state index contributed by atoms with van der Waals surface area (Å²) in [5, 5.41) is 0. The highest BCUT2D eigenvalue weighted by Gasteiger charge is 2.30. The first kappa shape index (κ1) is 14.0. The highest BCUT2D eigenvalue weighted by molar-refractivity contribution is 4.70. The molecular weight excluding hydrogens is 200 g/mol. The van der Waals surface area contributed by atoms with Crippen LogP contribution in [0.25, 0.3) is 0 Å². The first-order valence-electron chi connectivity index (χ1n) is 6.80. The summed E-state index contributed by atoms with van der Waals surface area (Å²) in [4.78, 5) is 0. The Balaban J connectivity index is 2.12. The maximum atomic E-state index is 5.75. The zero-order chi connectivity index (χ0) is 12.1. The molecule has 16 heavy (non-hydrogen) atoms. The van der Waals surface area contributed by atoms with Crippen molar-refractivity contribution in [3.8, 4) is 0 Å². The third-order valence-electron chi connectivity index (χ3n) is 3.47. The summed E-state index contributed by atoms with van der Waals surface area (Å²) in [5.41, 5.74) is 0. The van der Waals surface area contributed by atoms with Gasteiger partial charge < -0.3 is 9.47 Å². The topological polar surface area (TPSA) is 18.5 Å². The molecule has 1 aliphatic rings. The molecule has 0 aromatic carbocycles. The van der Waals surface area contributed by atoms with Crippen LogP contribution in [0.3, 0.4) is 0 Å². The van der Waals surface area contributed by atoms with Crippen LogP contribution in [0.15, 0.2) is 0 Å². The van der Waals surface area contributed by atoms with Crippen molar-refractivity contribution in [3.05, 3.63) is 0 Å². The smallest absolute Gasteiger partial charge is 0.158 e. The molecule has 96 valence electrons. The van der Waals surface area contributed by atoms with Crippen molar-refractivity contribution in [1.82, 2.24) is 0 Å². The van der Waals surface area contributed by atoms with Crippen molar-refractivity contribution in [2.75, 3.05) is 0 Å². The third kappa shape index (κ3) is 4.84. The average molecular weight is 228 g/mol. The fourth-order valence-electron chi connectivity index (χ4n) is 2.16. The normalized spacial score (nSPS) is 32.2. The van der Waals surface area contributed by atoms with Crippen LogP contribution in [0.5, 0.6) is 0 Å². The van der Waals surface area contributed by atoms with Crippen LogP contribution in [-0.2, 0) is 9.47 Å². The average Bonchev–Trinajstić information content (AvgIpc) is 2.44. The lowest BCUT2D eigenvalue weighted by molar-refractivity contribution is -0.0755. The van der Waals surface area contributed by atoms with Gasteiger partial charge in [-0.05, 0) is 25.7 Å². The number of rotatable bonds is 6. The predicted octanol–water partition coefficient (Wildman–Crippen LogP) is 3.99. The van der Waals surface area contributed by atoms with E-state index in [0.29, 0.717) is 5.92 Å². The largest absolute Gasteiger partial charge is 0.347 e. The van der Waals surface area contributed by atoms with Gasteiger partial charge in [-0.2, -0.15) is 0 Å². The first-order chi connectivity index (χ1) is 7.49. The Morgan fingerprint density at radius 2 is 1.50 bits per heavy atom. The lowest BCUT2D eigenvalue weighted by Gasteiger charge is -2.16. The van der Waals surface area contributed by atoms with E-state index in [-0.39, 0.29) is 18.5 Å². The Morgan fingerprint density at radius 1 is 0.938 bits per heavy atom. The lowest BCUT2D eigenvalue weighted by atomic mass is 9.97. The van der Waals surface area contributed by atoms with Gasteiger partial charge in [0.1, 0.15) is 0 Å². The van der Waals surface area contributed by atoms with E-state index < -0.39 is 0 Å². The van der Waals surface area contributed by atoms with Gasteiger partial charge in [0.2, 0.25) is 0 Å². The monoisotopic (exact) mass is 228 g/mol. The molecule has 0 aromatic rings. The van der Waals surface area contributed by atoms with Crippen molar-refractivity contribution in [3.63, 3.8) is 0 Å². The fourth-order valence-corrected chi connectivity index (χ4v) is 2.16. The van der Waals surface area contributed by atoms with E-state index >= 15 is 0 Å². The number of ether oxygens (including phenoxy) is 2. The standard InChI is InChI=1S/C14H28O2/c1-10(2)7-6-8-11(3)9-14-15-12(4)13(5)16-14/h10-14H,6-9H2,1-5H3/t11-,12?,13?,14?/m1/s1. The van der Waals surface area contributed by atoms with Crippen LogP contribution in [-0.4, -0.2) is 18.5 Å². The Bertz CT molecular complexity index is 181. The van der Waals surface area contributed by atoms with Gasteiger partial charge in [0.05, 0.1) is 12.2 Å². The second-order valence-corrected chi connectivity index (χ2v) is 5.78. The molecule has 0 spiro atoms. The Morgan fingerprint density at radius 3 is 2.00 bits per heavy atom. The van der Waals surface area contributed by atoms with Crippen LogP contribution in [0, 0.1) is 11.8 Å². The molecule has 1 aliphatic heterocycles. The summed E-state index contributed by atoms with van der Waals surface area (Å²) >= 11 is 0. The Kier molecular flexibility index (Phi) is 5.77. The van der Waals surface area contributed by atoms with Crippen molar-refractivity contribution in [1.29, 1.82) is 0 Å². The molecule has 1 rings (SSSR count). The van der Waals surface area contributed by atoms with E-state index in [2.05, 4.69) is 34.6 Å². The predicted molar refractivity (Wildman–Crippen MR) is 67.4 cm³/mol. The van der Waals surface area contributed by atoms with Crippen molar-refractivity contribution in [2.45, 2.75) is 78.8 Å². The molecule has 0 amide bonds. The van der Waals surface area contributed by atoms with Crippen LogP contribution in [0.1, 0.15) is 60.3 Å². The molecule has 0 N–H and O–H groups in total. The quantitative estimate of drug-likeness (QED) is 0.684. The van der Waals surface area contributed by atoms with E-state index in [1.807, 2.05) is 0 Å². The van der Waals surface area contributed by atoms with Crippen molar-refractivity contribution < 1.29 is 9.47 Å². The molecule has 2 heteroatoms. The van der Waals surface area contributed by atoms with E-state index in [9.17, 15) is 0 Å². The molecule has 1 heterocycles. The van der Waals surface area contributed by atoms with E-state index in [1.165, 1.54) is 19.3 Å². The van der Waals surface area contributed by atoms with Gasteiger partial charge in [0.25, 0.3) is 0 Å². The van der Waals surface area contributed by atoms with Gasteiger partial charge in [-0.3, -0.25) is 0 Å². The van der Waals surface area contributed by atoms with Crippen molar-refractivity contribution in [2.24, 2.45) is 11.8 Å². The van der Waals surface area contributed by atoms with E-state index in [1.54, 1.807) is 0 Å². The number of hydrogen-bond acceptors (Lipinski definition) is 2.